The molecular formula is C15H27N3O2. The van der Waals surface area contributed by atoms with Crippen molar-refractivity contribution in [2.24, 2.45) is 0 Å². The van der Waals surface area contributed by atoms with Crippen molar-refractivity contribution in [3.8, 4) is 0 Å². The lowest BCUT2D eigenvalue weighted by Gasteiger charge is -2.35. The number of nitrogens with one attached hydrogen (secondary N) is 2. The number of hydrogen-bond acceptors (Lipinski definition) is 4. The normalized spacial score (nSPS) is 35.3. The van der Waals surface area contributed by atoms with E-state index in [1.54, 1.807) is 0 Å². The van der Waals surface area contributed by atoms with Gasteiger partial charge in [-0.05, 0) is 38.8 Å². The minimum Gasteiger partial charge on any atom is -0.373 e. The number of ether oxygens (including phenoxy) is 1. The number of rotatable bonds is 3. The zero-order valence-corrected chi connectivity index (χ0v) is 12.3. The first-order valence-corrected chi connectivity index (χ1v) is 8.19. The Morgan fingerprint density at radius 2 is 2.20 bits per heavy atom. The predicted molar refractivity (Wildman–Crippen MR) is 77.6 cm³/mol. The average molecular weight is 281 g/mol. The molecule has 3 unspecified atom stereocenters. The fourth-order valence-corrected chi connectivity index (χ4v) is 3.60. The third-order valence-corrected chi connectivity index (χ3v) is 4.84. The Labute approximate surface area is 121 Å². The number of carbonyl (C=O) groups excluding carboxylic acids is 1. The summed E-state index contributed by atoms with van der Waals surface area (Å²) >= 11 is 0. The van der Waals surface area contributed by atoms with E-state index in [2.05, 4.69) is 15.5 Å². The Balaban J connectivity index is 1.41. The summed E-state index contributed by atoms with van der Waals surface area (Å²) in [6, 6.07) is 0.631. The molecule has 0 radical (unpaired) electrons. The fourth-order valence-electron chi connectivity index (χ4n) is 3.60. The number of hydrogen-bond donors (Lipinski definition) is 2. The van der Waals surface area contributed by atoms with Crippen LogP contribution in [0.25, 0.3) is 0 Å². The molecule has 3 saturated heterocycles. The van der Waals surface area contributed by atoms with Crippen molar-refractivity contribution >= 4 is 5.91 Å². The number of fused-ring (bicyclic) bond motifs is 1. The zero-order valence-electron chi connectivity index (χ0n) is 12.3. The number of amides is 1. The van der Waals surface area contributed by atoms with Crippen molar-refractivity contribution in [3.05, 3.63) is 0 Å². The SMILES string of the molecule is O=C(NCC1CN2CCCC2CO1)C1CCCCCN1. The van der Waals surface area contributed by atoms with E-state index in [1.165, 1.54) is 32.2 Å². The summed E-state index contributed by atoms with van der Waals surface area (Å²) < 4.78 is 5.88. The van der Waals surface area contributed by atoms with Crippen LogP contribution in [-0.2, 0) is 9.53 Å². The van der Waals surface area contributed by atoms with Gasteiger partial charge in [-0.1, -0.05) is 12.8 Å². The van der Waals surface area contributed by atoms with Gasteiger partial charge in [-0.15, -0.1) is 0 Å². The molecule has 0 bridgehead atoms. The average Bonchev–Trinajstić information content (AvgIpc) is 2.76. The standard InChI is InChI=1S/C15H27N3O2/c19-15(14-6-2-1-3-7-16-14)17-9-13-10-18-8-4-5-12(18)11-20-13/h12-14,16H,1-11H2,(H,17,19). The maximum Gasteiger partial charge on any atom is 0.237 e. The molecular weight excluding hydrogens is 254 g/mol. The van der Waals surface area contributed by atoms with Crippen LogP contribution in [0.4, 0.5) is 0 Å². The molecule has 3 aliphatic rings. The number of morpholine rings is 1. The van der Waals surface area contributed by atoms with Crippen LogP contribution in [0.5, 0.6) is 0 Å². The Kier molecular flexibility index (Phi) is 4.91. The van der Waals surface area contributed by atoms with Gasteiger partial charge in [0.15, 0.2) is 0 Å². The maximum absolute atomic E-state index is 12.2. The number of nitrogens with zero attached hydrogens (tertiary/aromatic N) is 1. The monoisotopic (exact) mass is 281 g/mol. The van der Waals surface area contributed by atoms with Gasteiger partial charge in [0.25, 0.3) is 0 Å². The summed E-state index contributed by atoms with van der Waals surface area (Å²) in [7, 11) is 0. The molecule has 3 rings (SSSR count). The molecule has 3 atom stereocenters. The summed E-state index contributed by atoms with van der Waals surface area (Å²) in [5.41, 5.74) is 0. The van der Waals surface area contributed by atoms with E-state index in [4.69, 9.17) is 4.74 Å². The van der Waals surface area contributed by atoms with E-state index in [9.17, 15) is 4.79 Å². The first-order valence-electron chi connectivity index (χ1n) is 8.19. The van der Waals surface area contributed by atoms with Crippen molar-refractivity contribution < 1.29 is 9.53 Å². The van der Waals surface area contributed by atoms with E-state index in [1.807, 2.05) is 0 Å². The van der Waals surface area contributed by atoms with Crippen LogP contribution in [0.15, 0.2) is 0 Å². The smallest absolute Gasteiger partial charge is 0.237 e. The highest BCUT2D eigenvalue weighted by molar-refractivity contribution is 5.81. The van der Waals surface area contributed by atoms with Crippen LogP contribution in [0, 0.1) is 0 Å². The highest BCUT2D eigenvalue weighted by Gasteiger charge is 2.32. The van der Waals surface area contributed by atoms with E-state index < -0.39 is 0 Å². The van der Waals surface area contributed by atoms with Crippen LogP contribution >= 0.6 is 0 Å². The second-order valence-corrected chi connectivity index (χ2v) is 6.35. The highest BCUT2D eigenvalue weighted by atomic mass is 16.5. The van der Waals surface area contributed by atoms with E-state index in [0.717, 1.165) is 32.5 Å². The van der Waals surface area contributed by atoms with Gasteiger partial charge in [-0.2, -0.15) is 0 Å². The van der Waals surface area contributed by atoms with Crippen molar-refractivity contribution in [2.45, 2.75) is 56.7 Å². The predicted octanol–water partition coefficient (Wildman–Crippen LogP) is 0.498. The van der Waals surface area contributed by atoms with Crippen LogP contribution in [-0.4, -0.2) is 61.8 Å². The van der Waals surface area contributed by atoms with Gasteiger partial charge in [-0.3, -0.25) is 9.69 Å². The van der Waals surface area contributed by atoms with Crippen LogP contribution in [0.1, 0.15) is 38.5 Å². The lowest BCUT2D eigenvalue weighted by atomic mass is 10.1. The van der Waals surface area contributed by atoms with Crippen molar-refractivity contribution in [1.29, 1.82) is 0 Å². The molecule has 114 valence electrons. The second-order valence-electron chi connectivity index (χ2n) is 6.35. The van der Waals surface area contributed by atoms with Crippen molar-refractivity contribution in [1.82, 2.24) is 15.5 Å². The first-order chi connectivity index (χ1) is 9.83. The Hall–Kier alpha value is -0.650. The topological polar surface area (TPSA) is 53.6 Å². The van der Waals surface area contributed by atoms with Crippen LogP contribution in [0.2, 0.25) is 0 Å². The molecule has 5 heteroatoms. The molecule has 0 spiro atoms. The lowest BCUT2D eigenvalue weighted by Crippen LogP contribution is -2.52. The quantitative estimate of drug-likeness (QED) is 0.791. The molecule has 0 saturated carbocycles. The number of carbonyl (C=O) groups is 1. The molecule has 3 aliphatic heterocycles. The molecule has 0 aromatic rings. The van der Waals surface area contributed by atoms with Gasteiger partial charge in [0.2, 0.25) is 5.91 Å². The molecule has 20 heavy (non-hydrogen) atoms. The van der Waals surface area contributed by atoms with Gasteiger partial charge in [-0.25, -0.2) is 0 Å². The molecule has 2 N–H and O–H groups in total. The minimum atomic E-state index is 0.000579. The molecule has 3 heterocycles. The zero-order chi connectivity index (χ0) is 13.8. The van der Waals surface area contributed by atoms with Crippen molar-refractivity contribution in [3.63, 3.8) is 0 Å². The molecule has 5 nitrogen and oxygen atoms in total. The largest absolute Gasteiger partial charge is 0.373 e. The molecule has 0 aromatic heterocycles. The van der Waals surface area contributed by atoms with E-state index >= 15 is 0 Å². The summed E-state index contributed by atoms with van der Waals surface area (Å²) in [5.74, 6) is 0.152. The Bertz CT molecular complexity index is 329. The molecule has 3 fully saturated rings. The third kappa shape index (κ3) is 3.51. The highest BCUT2D eigenvalue weighted by Crippen LogP contribution is 2.22. The van der Waals surface area contributed by atoms with E-state index in [0.29, 0.717) is 12.6 Å². The summed E-state index contributed by atoms with van der Waals surface area (Å²) in [6.07, 6.45) is 7.26. The summed E-state index contributed by atoms with van der Waals surface area (Å²) in [4.78, 5) is 14.7. The van der Waals surface area contributed by atoms with Gasteiger partial charge < -0.3 is 15.4 Å². The molecule has 0 aliphatic carbocycles. The molecule has 0 aromatic carbocycles. The lowest BCUT2D eigenvalue weighted by molar-refractivity contribution is -0.124. The van der Waals surface area contributed by atoms with Gasteiger partial charge >= 0.3 is 0 Å². The van der Waals surface area contributed by atoms with Crippen LogP contribution in [0.3, 0.4) is 0 Å². The van der Waals surface area contributed by atoms with Gasteiger partial charge in [0, 0.05) is 19.1 Å². The van der Waals surface area contributed by atoms with Crippen LogP contribution < -0.4 is 10.6 Å². The van der Waals surface area contributed by atoms with Gasteiger partial charge in [0.05, 0.1) is 18.8 Å². The Morgan fingerprint density at radius 1 is 1.25 bits per heavy atom. The minimum absolute atomic E-state index is 0.000579. The van der Waals surface area contributed by atoms with E-state index in [-0.39, 0.29) is 18.1 Å². The Morgan fingerprint density at radius 3 is 3.15 bits per heavy atom. The maximum atomic E-state index is 12.2. The fraction of sp³-hybridized carbons (Fsp3) is 0.933. The summed E-state index contributed by atoms with van der Waals surface area (Å²) in [5, 5.41) is 6.42. The summed E-state index contributed by atoms with van der Waals surface area (Å²) in [6.45, 7) is 4.63. The third-order valence-electron chi connectivity index (χ3n) is 4.84. The second kappa shape index (κ2) is 6.87. The molecule has 1 amide bonds. The van der Waals surface area contributed by atoms with Crippen molar-refractivity contribution in [2.75, 3.05) is 32.8 Å². The van der Waals surface area contributed by atoms with Gasteiger partial charge in [0.1, 0.15) is 0 Å². The first kappa shape index (κ1) is 14.3.